The number of nitrogens with zero attached hydrogens (tertiary/aromatic N) is 3. The third kappa shape index (κ3) is 2.94. The Labute approximate surface area is 101 Å². The van der Waals surface area contributed by atoms with Gasteiger partial charge in [-0.25, -0.2) is 0 Å². The predicted molar refractivity (Wildman–Crippen MR) is 64.5 cm³/mol. The molecule has 0 amide bonds. The molecule has 5 heteroatoms. The quantitative estimate of drug-likeness (QED) is 0.858. The maximum Gasteiger partial charge on any atom is 0.150 e. The van der Waals surface area contributed by atoms with Crippen molar-refractivity contribution in [2.75, 3.05) is 0 Å². The van der Waals surface area contributed by atoms with E-state index in [0.717, 1.165) is 11.5 Å². The minimum Gasteiger partial charge on any atom is -0.360 e. The molecule has 92 valence electrons. The lowest BCUT2D eigenvalue weighted by Gasteiger charge is -2.21. The van der Waals surface area contributed by atoms with Gasteiger partial charge in [-0.1, -0.05) is 5.16 Å². The first-order chi connectivity index (χ1) is 8.16. The zero-order valence-corrected chi connectivity index (χ0v) is 10.4. The van der Waals surface area contributed by atoms with Gasteiger partial charge in [0.2, 0.25) is 0 Å². The van der Waals surface area contributed by atoms with Gasteiger partial charge < -0.3 is 9.84 Å². The predicted octanol–water partition coefficient (Wildman–Crippen LogP) is 1.92. The maximum atomic E-state index is 5.15. The lowest BCUT2D eigenvalue weighted by atomic mass is 10.1. The summed E-state index contributed by atoms with van der Waals surface area (Å²) in [4.78, 5) is 0. The summed E-state index contributed by atoms with van der Waals surface area (Å²) in [6.07, 6.45) is 3.77. The summed E-state index contributed by atoms with van der Waals surface area (Å²) in [7, 11) is 0. The summed E-state index contributed by atoms with van der Waals surface area (Å²) in [5.74, 6) is 0.863. The van der Waals surface area contributed by atoms with Crippen molar-refractivity contribution < 1.29 is 4.52 Å². The number of aryl methyl sites for hydroxylation is 1. The van der Waals surface area contributed by atoms with Crippen LogP contribution in [0, 0.1) is 6.92 Å². The van der Waals surface area contributed by atoms with Crippen LogP contribution in [0.25, 0.3) is 0 Å². The van der Waals surface area contributed by atoms with Crippen molar-refractivity contribution in [3.8, 4) is 0 Å². The molecule has 2 aromatic rings. The molecule has 0 saturated heterocycles. The molecule has 17 heavy (non-hydrogen) atoms. The van der Waals surface area contributed by atoms with Crippen molar-refractivity contribution in [2.45, 2.75) is 39.4 Å². The van der Waals surface area contributed by atoms with Crippen molar-refractivity contribution in [2.24, 2.45) is 0 Å². The molecule has 0 radical (unpaired) electrons. The van der Waals surface area contributed by atoms with Gasteiger partial charge in [-0.2, -0.15) is 5.10 Å². The number of hydrogen-bond acceptors (Lipinski definition) is 4. The average Bonchev–Trinajstić information content (AvgIpc) is 2.95. The van der Waals surface area contributed by atoms with Gasteiger partial charge in [0.25, 0.3) is 0 Å². The van der Waals surface area contributed by atoms with Gasteiger partial charge in [0.15, 0.2) is 5.76 Å². The Balaban J connectivity index is 1.87. The Bertz CT molecular complexity index is 449. The third-order valence-corrected chi connectivity index (χ3v) is 2.94. The van der Waals surface area contributed by atoms with Gasteiger partial charge in [0, 0.05) is 24.5 Å². The van der Waals surface area contributed by atoms with Gasteiger partial charge in [-0.05, 0) is 26.8 Å². The highest BCUT2D eigenvalue weighted by atomic mass is 16.5. The molecule has 0 fully saturated rings. The highest BCUT2D eigenvalue weighted by Crippen LogP contribution is 2.10. The minimum atomic E-state index is 0.300. The summed E-state index contributed by atoms with van der Waals surface area (Å²) in [6, 6.07) is 4.48. The molecule has 2 rings (SSSR count). The molecular formula is C12H18N4O. The Morgan fingerprint density at radius 2 is 2.29 bits per heavy atom. The molecular weight excluding hydrogens is 216 g/mol. The number of hydrogen-bond donors (Lipinski definition) is 1. The van der Waals surface area contributed by atoms with E-state index >= 15 is 0 Å². The second kappa shape index (κ2) is 5.14. The molecule has 5 nitrogen and oxygen atoms in total. The first-order valence-corrected chi connectivity index (χ1v) is 5.81. The first kappa shape index (κ1) is 11.9. The van der Waals surface area contributed by atoms with Crippen LogP contribution in [0.15, 0.2) is 29.0 Å². The fourth-order valence-electron chi connectivity index (χ4n) is 1.68. The van der Waals surface area contributed by atoms with Crippen molar-refractivity contribution in [3.63, 3.8) is 0 Å². The molecule has 0 aliphatic carbocycles. The van der Waals surface area contributed by atoms with Crippen LogP contribution in [0.4, 0.5) is 0 Å². The topological polar surface area (TPSA) is 55.9 Å². The summed E-state index contributed by atoms with van der Waals surface area (Å²) < 4.78 is 7.10. The Morgan fingerprint density at radius 3 is 2.88 bits per heavy atom. The lowest BCUT2D eigenvalue weighted by molar-refractivity contribution is 0.328. The van der Waals surface area contributed by atoms with E-state index in [9.17, 15) is 0 Å². The van der Waals surface area contributed by atoms with E-state index in [1.165, 1.54) is 0 Å². The lowest BCUT2D eigenvalue weighted by Crippen LogP contribution is -2.33. The molecule has 2 aromatic heterocycles. The zero-order chi connectivity index (χ0) is 12.3. The SMILES string of the molecule is Cc1cc(CN[C@@H](C)[C@H](C)n2cccn2)on1. The molecule has 0 spiro atoms. The standard InChI is InChI=1S/C12H18N4O/c1-9-7-12(17-15-9)8-13-10(2)11(3)16-6-4-5-14-16/h4-7,10-11,13H,8H2,1-3H3/t10-,11-/m0/s1. The Morgan fingerprint density at radius 1 is 1.47 bits per heavy atom. The van der Waals surface area contributed by atoms with Crippen LogP contribution in [-0.4, -0.2) is 21.0 Å². The van der Waals surface area contributed by atoms with E-state index in [1.54, 1.807) is 6.20 Å². The van der Waals surface area contributed by atoms with Crippen LogP contribution >= 0.6 is 0 Å². The van der Waals surface area contributed by atoms with Crippen molar-refractivity contribution in [1.29, 1.82) is 0 Å². The van der Waals surface area contributed by atoms with Gasteiger partial charge in [0.05, 0.1) is 18.3 Å². The zero-order valence-electron chi connectivity index (χ0n) is 10.4. The van der Waals surface area contributed by atoms with Crippen molar-refractivity contribution in [1.82, 2.24) is 20.3 Å². The van der Waals surface area contributed by atoms with E-state index in [2.05, 4.69) is 29.4 Å². The second-order valence-electron chi connectivity index (χ2n) is 4.33. The summed E-state index contributed by atoms with van der Waals surface area (Å²) in [6.45, 7) is 6.88. The molecule has 0 saturated carbocycles. The van der Waals surface area contributed by atoms with Crippen LogP contribution in [0.1, 0.15) is 31.3 Å². The first-order valence-electron chi connectivity index (χ1n) is 5.81. The molecule has 1 N–H and O–H groups in total. The van der Waals surface area contributed by atoms with E-state index in [1.807, 2.05) is 29.9 Å². The van der Waals surface area contributed by atoms with E-state index in [-0.39, 0.29) is 0 Å². The Hall–Kier alpha value is -1.62. The summed E-state index contributed by atoms with van der Waals surface area (Å²) >= 11 is 0. The van der Waals surface area contributed by atoms with Gasteiger partial charge >= 0.3 is 0 Å². The third-order valence-electron chi connectivity index (χ3n) is 2.94. The van der Waals surface area contributed by atoms with Gasteiger partial charge in [-0.15, -0.1) is 0 Å². The fourth-order valence-corrected chi connectivity index (χ4v) is 1.68. The highest BCUT2D eigenvalue weighted by Gasteiger charge is 2.14. The van der Waals surface area contributed by atoms with Crippen LogP contribution in [0.2, 0.25) is 0 Å². The van der Waals surface area contributed by atoms with E-state index in [0.29, 0.717) is 18.6 Å². The molecule has 0 aliphatic rings. The van der Waals surface area contributed by atoms with E-state index in [4.69, 9.17) is 4.52 Å². The van der Waals surface area contributed by atoms with Gasteiger partial charge in [0.1, 0.15) is 0 Å². The summed E-state index contributed by atoms with van der Waals surface area (Å²) in [5.41, 5.74) is 0.912. The molecule has 2 atom stereocenters. The van der Waals surface area contributed by atoms with Crippen LogP contribution in [-0.2, 0) is 6.54 Å². The molecule has 0 aromatic carbocycles. The minimum absolute atomic E-state index is 0.300. The van der Waals surface area contributed by atoms with Crippen LogP contribution in [0.3, 0.4) is 0 Å². The number of rotatable bonds is 5. The largest absolute Gasteiger partial charge is 0.360 e. The fraction of sp³-hybridized carbons (Fsp3) is 0.500. The monoisotopic (exact) mass is 234 g/mol. The van der Waals surface area contributed by atoms with Gasteiger partial charge in [-0.3, -0.25) is 4.68 Å². The van der Waals surface area contributed by atoms with Crippen molar-refractivity contribution in [3.05, 3.63) is 36.0 Å². The summed E-state index contributed by atoms with van der Waals surface area (Å²) in [5, 5.41) is 11.5. The van der Waals surface area contributed by atoms with Crippen LogP contribution in [0.5, 0.6) is 0 Å². The normalized spacial score (nSPS) is 14.8. The van der Waals surface area contributed by atoms with E-state index < -0.39 is 0 Å². The average molecular weight is 234 g/mol. The second-order valence-corrected chi connectivity index (χ2v) is 4.33. The highest BCUT2D eigenvalue weighted by molar-refractivity contribution is 5.02. The molecule has 2 heterocycles. The molecule has 0 bridgehead atoms. The number of aromatic nitrogens is 3. The molecule has 0 unspecified atom stereocenters. The van der Waals surface area contributed by atoms with Crippen LogP contribution < -0.4 is 5.32 Å². The Kier molecular flexibility index (Phi) is 3.58. The maximum absolute atomic E-state index is 5.15. The number of nitrogens with one attached hydrogen (secondary N) is 1. The molecule has 0 aliphatic heterocycles. The smallest absolute Gasteiger partial charge is 0.150 e. The van der Waals surface area contributed by atoms with Crippen molar-refractivity contribution >= 4 is 0 Å².